The average molecular weight is 695 g/mol. The Morgan fingerprint density at radius 3 is 2.31 bits per heavy atom. The zero-order valence-electron chi connectivity index (χ0n) is 28.6. The molecule has 2 saturated heterocycles. The van der Waals surface area contributed by atoms with Crippen molar-refractivity contribution in [1.29, 1.82) is 0 Å². The lowest BCUT2D eigenvalue weighted by molar-refractivity contribution is -0.119. The monoisotopic (exact) mass is 694 g/mol. The van der Waals surface area contributed by atoms with Crippen LogP contribution in [0.5, 0.6) is 0 Å². The molecule has 3 aliphatic heterocycles. The SMILES string of the molecule is C[C@@H]1C(=O)N(C)c2ccc(Nc3cccc(S(=O)(=O)N[C@H]4CC[C@H](N5CCN(CC6CC6)CC5)CC4)c3)nc2N1C1CCN(C(=O)O)CC1. The summed E-state index contributed by atoms with van der Waals surface area (Å²) >= 11 is 0. The lowest BCUT2D eigenvalue weighted by atomic mass is 9.90. The number of aromatic nitrogens is 1. The Balaban J connectivity index is 0.984. The topological polar surface area (TPSA) is 142 Å². The molecule has 0 bridgehead atoms. The van der Waals surface area contributed by atoms with Crippen LogP contribution < -0.4 is 19.8 Å². The largest absolute Gasteiger partial charge is 0.465 e. The molecule has 0 unspecified atom stereocenters. The molecule has 14 heteroatoms. The Labute approximate surface area is 289 Å². The van der Waals surface area contributed by atoms with Gasteiger partial charge >= 0.3 is 6.09 Å². The summed E-state index contributed by atoms with van der Waals surface area (Å²) in [5.41, 5.74) is 1.27. The number of nitrogens with zero attached hydrogens (tertiary/aromatic N) is 6. The number of carbonyl (C=O) groups is 2. The highest BCUT2D eigenvalue weighted by molar-refractivity contribution is 7.89. The number of piperazine rings is 1. The second-order valence-electron chi connectivity index (χ2n) is 14.6. The van der Waals surface area contributed by atoms with Crippen molar-refractivity contribution >= 4 is 45.0 Å². The molecule has 0 spiro atoms. The molecule has 2 amide bonds. The van der Waals surface area contributed by atoms with Gasteiger partial charge in [0.05, 0.1) is 10.6 Å². The molecule has 2 aliphatic carbocycles. The highest BCUT2D eigenvalue weighted by Crippen LogP contribution is 2.39. The molecule has 2 saturated carbocycles. The van der Waals surface area contributed by atoms with Crippen LogP contribution >= 0.6 is 0 Å². The van der Waals surface area contributed by atoms with Gasteiger partial charge < -0.3 is 30.0 Å². The first-order valence-electron chi connectivity index (χ1n) is 18.0. The predicted octanol–water partition coefficient (Wildman–Crippen LogP) is 3.76. The van der Waals surface area contributed by atoms with Gasteiger partial charge in [-0.15, -0.1) is 0 Å². The van der Waals surface area contributed by atoms with Crippen LogP contribution in [-0.4, -0.2) is 122 Å². The number of nitrogens with one attached hydrogen (secondary N) is 2. The molecule has 5 aliphatic rings. The van der Waals surface area contributed by atoms with E-state index in [1.54, 1.807) is 36.2 Å². The first-order chi connectivity index (χ1) is 23.6. The van der Waals surface area contributed by atoms with Gasteiger partial charge in [0.1, 0.15) is 11.9 Å². The number of hydrogen-bond acceptors (Lipinski definition) is 9. The number of piperidine rings is 1. The van der Waals surface area contributed by atoms with Crippen molar-refractivity contribution in [2.45, 2.75) is 87.4 Å². The minimum absolute atomic E-state index is 0.0403. The van der Waals surface area contributed by atoms with Crippen LogP contribution in [0.1, 0.15) is 58.3 Å². The summed E-state index contributed by atoms with van der Waals surface area (Å²) in [4.78, 5) is 40.1. The van der Waals surface area contributed by atoms with Crippen molar-refractivity contribution in [1.82, 2.24) is 24.4 Å². The van der Waals surface area contributed by atoms with Crippen LogP contribution in [0.15, 0.2) is 41.3 Å². The number of likely N-dealkylation sites (tertiary alicyclic amines) is 1. The molecule has 1 atom stereocenters. The normalized spacial score (nSPS) is 26.1. The summed E-state index contributed by atoms with van der Waals surface area (Å²) in [5.74, 6) is 2.06. The maximum Gasteiger partial charge on any atom is 0.407 e. The third-order valence-electron chi connectivity index (χ3n) is 11.3. The fourth-order valence-electron chi connectivity index (χ4n) is 8.20. The van der Waals surface area contributed by atoms with Gasteiger partial charge in [-0.3, -0.25) is 9.69 Å². The number of carboxylic acid groups (broad SMARTS) is 1. The highest BCUT2D eigenvalue weighted by atomic mass is 32.2. The van der Waals surface area contributed by atoms with Gasteiger partial charge in [0.15, 0.2) is 5.82 Å². The Kier molecular flexibility index (Phi) is 9.75. The number of sulfonamides is 1. The second kappa shape index (κ2) is 14.0. The molecular weight excluding hydrogens is 645 g/mol. The van der Waals surface area contributed by atoms with E-state index < -0.39 is 22.2 Å². The van der Waals surface area contributed by atoms with Gasteiger partial charge in [0.2, 0.25) is 15.9 Å². The maximum atomic E-state index is 13.5. The van der Waals surface area contributed by atoms with Crippen LogP contribution in [0, 0.1) is 5.92 Å². The third-order valence-corrected chi connectivity index (χ3v) is 12.8. The Bertz CT molecular complexity index is 1630. The number of carbonyl (C=O) groups excluding carboxylic acids is 1. The van der Waals surface area contributed by atoms with Crippen LogP contribution in [0.4, 0.5) is 27.8 Å². The maximum absolute atomic E-state index is 13.5. The van der Waals surface area contributed by atoms with Crippen LogP contribution in [0.2, 0.25) is 0 Å². The van der Waals surface area contributed by atoms with Crippen LogP contribution in [0.25, 0.3) is 0 Å². The smallest absolute Gasteiger partial charge is 0.407 e. The summed E-state index contributed by atoms with van der Waals surface area (Å²) < 4.78 is 30.1. The van der Waals surface area contributed by atoms with Crippen molar-refractivity contribution in [2.24, 2.45) is 5.92 Å². The van der Waals surface area contributed by atoms with E-state index in [0.29, 0.717) is 55.0 Å². The van der Waals surface area contributed by atoms with Gasteiger partial charge in [-0.25, -0.2) is 22.9 Å². The molecule has 4 fully saturated rings. The molecule has 49 heavy (non-hydrogen) atoms. The lowest BCUT2D eigenvalue weighted by Crippen LogP contribution is -2.57. The Hall–Kier alpha value is -3.46. The van der Waals surface area contributed by atoms with Crippen LogP contribution in [0.3, 0.4) is 0 Å². The lowest BCUT2D eigenvalue weighted by Gasteiger charge is -2.45. The number of benzene rings is 1. The van der Waals surface area contributed by atoms with Crippen LogP contribution in [-0.2, 0) is 14.8 Å². The molecule has 2 aromatic rings. The van der Waals surface area contributed by atoms with E-state index in [9.17, 15) is 23.1 Å². The molecule has 1 aromatic carbocycles. The second-order valence-corrected chi connectivity index (χ2v) is 16.3. The van der Waals surface area contributed by atoms with Gasteiger partial charge in [-0.05, 0) is 94.5 Å². The van der Waals surface area contributed by atoms with E-state index in [0.717, 1.165) is 57.8 Å². The fraction of sp³-hybridized carbons (Fsp3) is 0.629. The van der Waals surface area contributed by atoms with E-state index in [2.05, 4.69) is 19.8 Å². The van der Waals surface area contributed by atoms with Gasteiger partial charge in [-0.2, -0.15) is 0 Å². The third kappa shape index (κ3) is 7.52. The summed E-state index contributed by atoms with van der Waals surface area (Å²) in [7, 11) is -1.99. The number of amides is 2. The van der Waals surface area contributed by atoms with Gasteiger partial charge in [0.25, 0.3) is 0 Å². The molecule has 0 radical (unpaired) electrons. The summed E-state index contributed by atoms with van der Waals surface area (Å²) in [6, 6.07) is 10.4. The van der Waals surface area contributed by atoms with E-state index >= 15 is 0 Å². The average Bonchev–Trinajstić information content (AvgIpc) is 3.92. The molecule has 7 rings (SSSR count). The zero-order chi connectivity index (χ0) is 34.3. The van der Waals surface area contributed by atoms with Crippen molar-refractivity contribution in [3.05, 3.63) is 36.4 Å². The minimum atomic E-state index is -3.73. The Morgan fingerprint density at radius 2 is 1.63 bits per heavy atom. The minimum Gasteiger partial charge on any atom is -0.465 e. The quantitative estimate of drug-likeness (QED) is 0.356. The van der Waals surface area contributed by atoms with E-state index in [4.69, 9.17) is 4.98 Å². The molecule has 4 heterocycles. The standard InChI is InChI=1S/C35H50N8O5S/c1-24-34(44)39(2)31-12-13-32(37-33(31)43(24)29-14-16-42(17-15-29)35(45)46)36-27-4-3-5-30(22-27)49(47,48)38-26-8-10-28(11-9-26)41-20-18-40(19-21-41)23-25-6-7-25/h3-5,12-13,22,24-26,28-29,38H,6-11,14-21,23H2,1-2H3,(H,36,37)(H,45,46)/t24-,26-,28-/m1/s1. The number of likely N-dealkylation sites (N-methyl/N-ethyl adjacent to an activating group) is 1. The first kappa shape index (κ1) is 34.0. The highest BCUT2D eigenvalue weighted by Gasteiger charge is 2.40. The molecule has 3 N–H and O–H groups in total. The number of rotatable bonds is 9. The predicted molar refractivity (Wildman–Crippen MR) is 189 cm³/mol. The van der Waals surface area contributed by atoms with Crippen molar-refractivity contribution in [2.75, 3.05) is 68.0 Å². The number of hydrogen-bond donors (Lipinski definition) is 3. The van der Waals surface area contributed by atoms with Crippen molar-refractivity contribution in [3.8, 4) is 0 Å². The number of pyridine rings is 1. The van der Waals surface area contributed by atoms with E-state index in [1.165, 1.54) is 24.3 Å². The van der Waals surface area contributed by atoms with E-state index in [-0.39, 0.29) is 22.9 Å². The molecule has 1 aromatic heterocycles. The molecule has 266 valence electrons. The first-order valence-corrected chi connectivity index (χ1v) is 19.4. The van der Waals surface area contributed by atoms with Gasteiger partial charge in [0, 0.05) is 76.7 Å². The van der Waals surface area contributed by atoms with Crippen molar-refractivity contribution < 1.29 is 23.1 Å². The fourth-order valence-corrected chi connectivity index (χ4v) is 9.55. The Morgan fingerprint density at radius 1 is 0.918 bits per heavy atom. The summed E-state index contributed by atoms with van der Waals surface area (Å²) in [5, 5.41) is 12.7. The van der Waals surface area contributed by atoms with Crippen molar-refractivity contribution in [3.63, 3.8) is 0 Å². The number of anilines is 4. The molecule has 13 nitrogen and oxygen atoms in total. The summed E-state index contributed by atoms with van der Waals surface area (Å²) in [6.45, 7) is 8.45. The van der Waals surface area contributed by atoms with Gasteiger partial charge in [-0.1, -0.05) is 6.07 Å². The summed E-state index contributed by atoms with van der Waals surface area (Å²) in [6.07, 6.45) is 6.75. The zero-order valence-corrected chi connectivity index (χ0v) is 29.4. The van der Waals surface area contributed by atoms with E-state index in [1.807, 2.05) is 24.0 Å². The number of fused-ring (bicyclic) bond motifs is 1. The molecular formula is C35H50N8O5S.